The van der Waals surface area contributed by atoms with Crippen LogP contribution in [0.15, 0.2) is 17.7 Å². The zero-order valence-corrected chi connectivity index (χ0v) is 13.7. The molecule has 0 spiro atoms. The number of benzene rings is 1. The molecule has 0 aliphatic rings. The highest BCUT2D eigenvalue weighted by Gasteiger charge is 2.26. The molecule has 20 heavy (non-hydrogen) atoms. The van der Waals surface area contributed by atoms with Crippen molar-refractivity contribution in [3.05, 3.63) is 34.4 Å². The largest absolute Gasteiger partial charge is 0.507 e. The van der Waals surface area contributed by atoms with Gasteiger partial charge in [-0.2, -0.15) is 0 Å². The molecule has 0 saturated heterocycles. The number of hydrogen-bond acceptors (Lipinski definition) is 2. The van der Waals surface area contributed by atoms with E-state index in [1.54, 1.807) is 6.92 Å². The van der Waals surface area contributed by atoms with E-state index >= 15 is 0 Å². The SMILES string of the molecule is CC(C=O)=Cc1cc(C(C)(C)C)c(O)c(C(C)(C)C)c1. The first-order valence-electron chi connectivity index (χ1n) is 6.98. The van der Waals surface area contributed by atoms with Crippen LogP contribution >= 0.6 is 0 Å². The maximum atomic E-state index is 10.8. The molecule has 0 radical (unpaired) electrons. The van der Waals surface area contributed by atoms with E-state index in [4.69, 9.17) is 0 Å². The molecule has 0 bridgehead atoms. The molecular formula is C18H26O2. The third kappa shape index (κ3) is 3.72. The number of aromatic hydroxyl groups is 1. The molecule has 0 saturated carbocycles. The van der Waals surface area contributed by atoms with Crippen molar-refractivity contribution in [2.75, 3.05) is 0 Å². The second kappa shape index (κ2) is 5.43. The van der Waals surface area contributed by atoms with Crippen LogP contribution in [0.5, 0.6) is 5.75 Å². The van der Waals surface area contributed by atoms with Gasteiger partial charge in [-0.15, -0.1) is 0 Å². The van der Waals surface area contributed by atoms with Gasteiger partial charge >= 0.3 is 0 Å². The normalized spacial score (nSPS) is 13.4. The highest BCUT2D eigenvalue weighted by atomic mass is 16.3. The average molecular weight is 274 g/mol. The molecular weight excluding hydrogens is 248 g/mol. The van der Waals surface area contributed by atoms with Gasteiger partial charge in [-0.25, -0.2) is 0 Å². The molecule has 0 fully saturated rings. The van der Waals surface area contributed by atoms with Crippen molar-refractivity contribution in [3.63, 3.8) is 0 Å². The minimum Gasteiger partial charge on any atom is -0.507 e. The Hall–Kier alpha value is -1.57. The lowest BCUT2D eigenvalue weighted by molar-refractivity contribution is -0.104. The maximum Gasteiger partial charge on any atom is 0.145 e. The van der Waals surface area contributed by atoms with E-state index in [9.17, 15) is 9.90 Å². The fourth-order valence-electron chi connectivity index (χ4n) is 2.18. The third-order valence-corrected chi connectivity index (χ3v) is 3.33. The van der Waals surface area contributed by atoms with Crippen LogP contribution in [0.3, 0.4) is 0 Å². The second-order valence-electron chi connectivity index (χ2n) is 7.47. The first-order chi connectivity index (χ1) is 8.96. The van der Waals surface area contributed by atoms with Gasteiger partial charge in [0.1, 0.15) is 12.0 Å². The lowest BCUT2D eigenvalue weighted by atomic mass is 9.78. The predicted octanol–water partition coefficient (Wildman–Crippen LogP) is 4.59. The molecule has 0 atom stereocenters. The minimum absolute atomic E-state index is 0.150. The summed E-state index contributed by atoms with van der Waals surface area (Å²) in [5, 5.41) is 10.6. The number of phenolic OH excluding ortho intramolecular Hbond substituents is 1. The van der Waals surface area contributed by atoms with Crippen molar-refractivity contribution in [2.24, 2.45) is 0 Å². The number of hydrogen-bond donors (Lipinski definition) is 1. The average Bonchev–Trinajstić information content (AvgIpc) is 2.28. The Kier molecular flexibility index (Phi) is 4.48. The van der Waals surface area contributed by atoms with Crippen LogP contribution in [-0.4, -0.2) is 11.4 Å². The second-order valence-corrected chi connectivity index (χ2v) is 7.47. The topological polar surface area (TPSA) is 37.3 Å². The molecule has 0 heterocycles. The zero-order valence-electron chi connectivity index (χ0n) is 13.7. The first-order valence-corrected chi connectivity index (χ1v) is 6.98. The Morgan fingerprint density at radius 3 is 1.70 bits per heavy atom. The summed E-state index contributed by atoms with van der Waals surface area (Å²) in [4.78, 5) is 10.8. The zero-order chi connectivity index (χ0) is 15.7. The Bertz CT molecular complexity index is 503. The first kappa shape index (κ1) is 16.5. The molecule has 1 aromatic carbocycles. The fourth-order valence-corrected chi connectivity index (χ4v) is 2.18. The molecule has 2 nitrogen and oxygen atoms in total. The van der Waals surface area contributed by atoms with E-state index in [2.05, 4.69) is 41.5 Å². The number of phenols is 1. The summed E-state index contributed by atoms with van der Waals surface area (Å²) in [5.74, 6) is 0.367. The van der Waals surface area contributed by atoms with Crippen LogP contribution in [0, 0.1) is 0 Å². The number of carbonyl (C=O) groups is 1. The van der Waals surface area contributed by atoms with Crippen molar-refractivity contribution in [1.29, 1.82) is 0 Å². The highest BCUT2D eigenvalue weighted by Crippen LogP contribution is 2.40. The van der Waals surface area contributed by atoms with Gasteiger partial charge in [0.05, 0.1) is 0 Å². The van der Waals surface area contributed by atoms with Crippen LogP contribution in [0.2, 0.25) is 0 Å². The molecule has 0 aliphatic heterocycles. The molecule has 0 amide bonds. The molecule has 2 heteroatoms. The van der Waals surface area contributed by atoms with Crippen molar-refractivity contribution >= 4 is 12.4 Å². The van der Waals surface area contributed by atoms with Gasteiger partial charge < -0.3 is 5.11 Å². The summed E-state index contributed by atoms with van der Waals surface area (Å²) in [6, 6.07) is 3.94. The number of rotatable bonds is 2. The Morgan fingerprint density at radius 1 is 1.00 bits per heavy atom. The number of aldehydes is 1. The van der Waals surface area contributed by atoms with Gasteiger partial charge in [0.25, 0.3) is 0 Å². The maximum absolute atomic E-state index is 10.8. The fraction of sp³-hybridized carbons (Fsp3) is 0.500. The highest BCUT2D eigenvalue weighted by molar-refractivity contribution is 5.81. The van der Waals surface area contributed by atoms with Gasteiger partial charge in [0.15, 0.2) is 0 Å². The van der Waals surface area contributed by atoms with E-state index < -0.39 is 0 Å². The van der Waals surface area contributed by atoms with E-state index in [1.165, 1.54) is 0 Å². The van der Waals surface area contributed by atoms with Crippen LogP contribution < -0.4 is 0 Å². The molecule has 1 aromatic rings. The summed E-state index contributed by atoms with van der Waals surface area (Å²) in [7, 11) is 0. The van der Waals surface area contributed by atoms with Gasteiger partial charge in [-0.1, -0.05) is 41.5 Å². The third-order valence-electron chi connectivity index (χ3n) is 3.33. The summed E-state index contributed by atoms with van der Waals surface area (Å²) < 4.78 is 0. The van der Waals surface area contributed by atoms with E-state index in [0.29, 0.717) is 11.3 Å². The van der Waals surface area contributed by atoms with Crippen LogP contribution in [0.25, 0.3) is 6.08 Å². The van der Waals surface area contributed by atoms with Crippen molar-refractivity contribution in [2.45, 2.75) is 59.3 Å². The van der Waals surface area contributed by atoms with Gasteiger partial charge in [0.2, 0.25) is 0 Å². The Balaban J connectivity index is 3.63. The number of allylic oxidation sites excluding steroid dienone is 1. The molecule has 110 valence electrons. The minimum atomic E-state index is -0.150. The van der Waals surface area contributed by atoms with Crippen molar-refractivity contribution < 1.29 is 9.90 Å². The monoisotopic (exact) mass is 274 g/mol. The van der Waals surface area contributed by atoms with Crippen molar-refractivity contribution in [1.82, 2.24) is 0 Å². The standard InChI is InChI=1S/C18H26O2/c1-12(11-19)8-13-9-14(17(2,3)4)16(20)15(10-13)18(5,6)7/h8-11,20H,1-7H3. The summed E-state index contributed by atoms with van der Waals surface area (Å²) in [5.41, 5.74) is 3.16. The summed E-state index contributed by atoms with van der Waals surface area (Å²) in [6.45, 7) is 14.3. The van der Waals surface area contributed by atoms with Crippen molar-refractivity contribution in [3.8, 4) is 5.75 Å². The summed E-state index contributed by atoms with van der Waals surface area (Å²) in [6.07, 6.45) is 2.71. The lowest BCUT2D eigenvalue weighted by Gasteiger charge is -2.28. The predicted molar refractivity (Wildman–Crippen MR) is 85.2 cm³/mol. The van der Waals surface area contributed by atoms with E-state index in [1.807, 2.05) is 18.2 Å². The van der Waals surface area contributed by atoms with Gasteiger partial charge in [-0.3, -0.25) is 4.79 Å². The molecule has 0 unspecified atom stereocenters. The molecule has 1 rings (SSSR count). The van der Waals surface area contributed by atoms with Crippen LogP contribution in [0.1, 0.15) is 65.2 Å². The summed E-state index contributed by atoms with van der Waals surface area (Å²) >= 11 is 0. The molecule has 1 N–H and O–H groups in total. The quantitative estimate of drug-likeness (QED) is 0.632. The van der Waals surface area contributed by atoms with E-state index in [-0.39, 0.29) is 10.8 Å². The number of carbonyl (C=O) groups excluding carboxylic acids is 1. The Labute approximate surface area is 122 Å². The van der Waals surface area contributed by atoms with Crippen LogP contribution in [-0.2, 0) is 15.6 Å². The van der Waals surface area contributed by atoms with Gasteiger partial charge in [0, 0.05) is 11.1 Å². The lowest BCUT2D eigenvalue weighted by Crippen LogP contribution is -2.17. The Morgan fingerprint density at radius 2 is 1.40 bits per heavy atom. The van der Waals surface area contributed by atoms with Gasteiger partial charge in [-0.05, 0) is 47.1 Å². The molecule has 0 aromatic heterocycles. The smallest absolute Gasteiger partial charge is 0.145 e. The molecule has 0 aliphatic carbocycles. The van der Waals surface area contributed by atoms with Crippen LogP contribution in [0.4, 0.5) is 0 Å². The van der Waals surface area contributed by atoms with E-state index in [0.717, 1.165) is 23.0 Å².